The minimum Gasteiger partial charge on any atom is -0.454 e. The van der Waals surface area contributed by atoms with Crippen LogP contribution >= 0.6 is 0 Å². The summed E-state index contributed by atoms with van der Waals surface area (Å²) >= 11 is 0. The number of ether oxygens (including phenoxy) is 2. The molecule has 3 aliphatic rings. The molecule has 0 radical (unpaired) electrons. The van der Waals surface area contributed by atoms with E-state index in [1.54, 1.807) is 11.9 Å². The summed E-state index contributed by atoms with van der Waals surface area (Å²) < 4.78 is 11.1. The zero-order chi connectivity index (χ0) is 20.6. The molecule has 7 heteroatoms. The molecule has 4 heterocycles. The van der Waals surface area contributed by atoms with Gasteiger partial charge >= 0.3 is 0 Å². The molecule has 1 unspecified atom stereocenters. The van der Waals surface area contributed by atoms with E-state index in [1.807, 2.05) is 43.3 Å². The molecule has 1 saturated heterocycles. The van der Waals surface area contributed by atoms with Crippen LogP contribution in [-0.2, 0) is 16.0 Å². The Morgan fingerprint density at radius 3 is 2.77 bits per heavy atom. The van der Waals surface area contributed by atoms with Gasteiger partial charge in [0.15, 0.2) is 11.5 Å². The molecule has 2 aromatic carbocycles. The van der Waals surface area contributed by atoms with E-state index < -0.39 is 11.6 Å². The quantitative estimate of drug-likeness (QED) is 0.678. The lowest BCUT2D eigenvalue weighted by molar-refractivity contribution is -0.166. The topological polar surface area (TPSA) is 74.9 Å². The van der Waals surface area contributed by atoms with Crippen LogP contribution in [0.15, 0.2) is 42.5 Å². The molecule has 1 N–H and O–H groups in total. The van der Waals surface area contributed by atoms with Crippen LogP contribution in [0.25, 0.3) is 10.9 Å². The second kappa shape index (κ2) is 5.78. The van der Waals surface area contributed by atoms with Crippen LogP contribution in [0.1, 0.15) is 29.8 Å². The number of rotatable bonds is 1. The number of amides is 2. The molecule has 2 amide bonds. The first kappa shape index (κ1) is 17.4. The predicted molar refractivity (Wildman–Crippen MR) is 109 cm³/mol. The summed E-state index contributed by atoms with van der Waals surface area (Å²) in [6, 6.07) is 13.4. The predicted octanol–water partition coefficient (Wildman–Crippen LogP) is 2.60. The summed E-state index contributed by atoms with van der Waals surface area (Å²) in [7, 11) is 1.70. The van der Waals surface area contributed by atoms with Crippen LogP contribution in [0.5, 0.6) is 11.5 Å². The van der Waals surface area contributed by atoms with Crippen molar-refractivity contribution in [3.63, 3.8) is 0 Å². The minimum absolute atomic E-state index is 0.0382. The number of aromatic amines is 1. The van der Waals surface area contributed by atoms with Crippen LogP contribution in [0.2, 0.25) is 0 Å². The zero-order valence-electron chi connectivity index (χ0n) is 16.8. The summed E-state index contributed by atoms with van der Waals surface area (Å²) in [5.74, 6) is 1.25. The van der Waals surface area contributed by atoms with Crippen LogP contribution in [0.4, 0.5) is 0 Å². The number of benzene rings is 2. The van der Waals surface area contributed by atoms with Gasteiger partial charge in [0.25, 0.3) is 0 Å². The molecule has 2 atom stereocenters. The highest BCUT2D eigenvalue weighted by atomic mass is 16.7. The largest absolute Gasteiger partial charge is 0.454 e. The van der Waals surface area contributed by atoms with Gasteiger partial charge in [-0.15, -0.1) is 0 Å². The Hall–Kier alpha value is -3.48. The first-order valence-electron chi connectivity index (χ1n) is 10.0. The van der Waals surface area contributed by atoms with Crippen molar-refractivity contribution in [3.05, 3.63) is 59.3 Å². The number of carbonyl (C=O) groups excluding carboxylic acids is 2. The molecule has 1 fully saturated rings. The number of hydrogen-bond donors (Lipinski definition) is 1. The molecule has 0 aliphatic carbocycles. The van der Waals surface area contributed by atoms with E-state index in [4.69, 9.17) is 9.47 Å². The van der Waals surface area contributed by atoms with Crippen molar-refractivity contribution in [1.82, 2.24) is 14.8 Å². The summed E-state index contributed by atoms with van der Waals surface area (Å²) in [5, 5.41) is 1.09. The normalized spacial score (nSPS) is 24.9. The number of fused-ring (bicyclic) bond motifs is 5. The lowest BCUT2D eigenvalue weighted by atomic mass is 9.78. The molecular formula is C23H21N3O4. The Balaban J connectivity index is 1.63. The molecule has 1 aromatic heterocycles. The Morgan fingerprint density at radius 2 is 1.90 bits per heavy atom. The van der Waals surface area contributed by atoms with E-state index in [0.29, 0.717) is 17.9 Å². The Labute approximate surface area is 173 Å². The van der Waals surface area contributed by atoms with Crippen LogP contribution in [0, 0.1) is 0 Å². The van der Waals surface area contributed by atoms with Gasteiger partial charge in [0.1, 0.15) is 5.54 Å². The van der Waals surface area contributed by atoms with Gasteiger partial charge in [-0.2, -0.15) is 0 Å². The van der Waals surface area contributed by atoms with Crippen molar-refractivity contribution >= 4 is 22.7 Å². The maximum Gasteiger partial charge on any atom is 0.248 e. The number of aromatic nitrogens is 1. The summed E-state index contributed by atoms with van der Waals surface area (Å²) in [4.78, 5) is 33.5. The van der Waals surface area contributed by atoms with E-state index in [9.17, 15) is 9.59 Å². The van der Waals surface area contributed by atoms with E-state index in [0.717, 1.165) is 27.7 Å². The molecule has 0 spiro atoms. The van der Waals surface area contributed by atoms with Gasteiger partial charge in [0, 0.05) is 30.1 Å². The van der Waals surface area contributed by atoms with Crippen molar-refractivity contribution in [1.29, 1.82) is 0 Å². The summed E-state index contributed by atoms with van der Waals surface area (Å²) in [5.41, 5.74) is 2.98. The maximum atomic E-state index is 13.3. The molecule has 0 bridgehead atoms. The van der Waals surface area contributed by atoms with Gasteiger partial charge in [-0.3, -0.25) is 9.59 Å². The summed E-state index contributed by atoms with van der Waals surface area (Å²) in [6.07, 6.45) is 0.475. The highest BCUT2D eigenvalue weighted by Crippen LogP contribution is 2.48. The standard InChI is InChI=1S/C23H21N3O4/c1-23-10-15-14-5-3-4-6-16(14)24-20(15)21(26(23)19(27)11-25(2)22(23)28)13-7-8-17-18(9-13)30-12-29-17/h3-9,21,24H,10-12H2,1-2H3/t21?,23-/m1/s1. The minimum atomic E-state index is -0.955. The third-order valence-corrected chi connectivity index (χ3v) is 6.59. The van der Waals surface area contributed by atoms with Crippen molar-refractivity contribution in [2.24, 2.45) is 0 Å². The fraction of sp³-hybridized carbons (Fsp3) is 0.304. The van der Waals surface area contributed by atoms with Gasteiger partial charge in [-0.05, 0) is 36.2 Å². The van der Waals surface area contributed by atoms with Crippen molar-refractivity contribution < 1.29 is 19.1 Å². The third-order valence-electron chi connectivity index (χ3n) is 6.59. The fourth-order valence-electron chi connectivity index (χ4n) is 5.25. The molecule has 6 rings (SSSR count). The van der Waals surface area contributed by atoms with Crippen LogP contribution in [0.3, 0.4) is 0 Å². The number of hydrogen-bond acceptors (Lipinski definition) is 4. The molecule has 0 saturated carbocycles. The maximum absolute atomic E-state index is 13.3. The van der Waals surface area contributed by atoms with Gasteiger partial charge in [-0.1, -0.05) is 24.3 Å². The Bertz CT molecular complexity index is 1230. The van der Waals surface area contributed by atoms with Gasteiger partial charge in [0.2, 0.25) is 18.6 Å². The average molecular weight is 403 g/mol. The molecule has 30 heavy (non-hydrogen) atoms. The van der Waals surface area contributed by atoms with E-state index in [-0.39, 0.29) is 25.2 Å². The van der Waals surface area contributed by atoms with Gasteiger partial charge in [-0.25, -0.2) is 0 Å². The average Bonchev–Trinajstić information content (AvgIpc) is 3.34. The summed E-state index contributed by atoms with van der Waals surface area (Å²) in [6.45, 7) is 2.14. The number of carbonyl (C=O) groups is 2. The SMILES string of the molecule is CN1CC(=O)N2C(c3ccc4c(c3)OCO4)c3[nH]c4ccccc4c3C[C@]2(C)C1=O. The lowest BCUT2D eigenvalue weighted by Crippen LogP contribution is -2.69. The second-order valence-electron chi connectivity index (χ2n) is 8.45. The lowest BCUT2D eigenvalue weighted by Gasteiger charge is -2.52. The highest BCUT2D eigenvalue weighted by molar-refractivity contribution is 6.00. The van der Waals surface area contributed by atoms with E-state index in [2.05, 4.69) is 11.1 Å². The first-order valence-corrected chi connectivity index (χ1v) is 10.0. The molecule has 3 aliphatic heterocycles. The molecular weight excluding hydrogens is 382 g/mol. The molecule has 7 nitrogen and oxygen atoms in total. The van der Waals surface area contributed by atoms with Crippen molar-refractivity contribution in [2.45, 2.75) is 24.9 Å². The number of nitrogens with one attached hydrogen (secondary N) is 1. The van der Waals surface area contributed by atoms with Crippen molar-refractivity contribution in [2.75, 3.05) is 20.4 Å². The number of nitrogens with zero attached hydrogens (tertiary/aromatic N) is 2. The smallest absolute Gasteiger partial charge is 0.248 e. The monoisotopic (exact) mass is 403 g/mol. The number of H-pyrrole nitrogens is 1. The number of para-hydroxylation sites is 1. The zero-order valence-corrected chi connectivity index (χ0v) is 16.8. The number of piperazine rings is 1. The van der Waals surface area contributed by atoms with Crippen LogP contribution in [-0.4, -0.2) is 52.5 Å². The first-order chi connectivity index (χ1) is 14.5. The second-order valence-corrected chi connectivity index (χ2v) is 8.45. The fourth-order valence-corrected chi connectivity index (χ4v) is 5.25. The highest BCUT2D eigenvalue weighted by Gasteiger charge is 2.55. The van der Waals surface area contributed by atoms with Crippen LogP contribution < -0.4 is 9.47 Å². The molecule has 3 aromatic rings. The Morgan fingerprint density at radius 1 is 1.10 bits per heavy atom. The van der Waals surface area contributed by atoms with E-state index in [1.165, 1.54) is 4.90 Å². The number of likely N-dealkylation sites (N-methyl/N-ethyl adjacent to an activating group) is 1. The van der Waals surface area contributed by atoms with E-state index >= 15 is 0 Å². The van der Waals surface area contributed by atoms with Gasteiger partial charge in [0.05, 0.1) is 12.6 Å². The third kappa shape index (κ3) is 2.15. The van der Waals surface area contributed by atoms with Gasteiger partial charge < -0.3 is 24.3 Å². The van der Waals surface area contributed by atoms with Crippen molar-refractivity contribution in [3.8, 4) is 11.5 Å². The Kier molecular flexibility index (Phi) is 3.35. The molecule has 152 valence electrons.